The second kappa shape index (κ2) is 9.54. The molecular weight excluding hydrogens is 416 g/mol. The van der Waals surface area contributed by atoms with Crippen LogP contribution in [-0.4, -0.2) is 41.4 Å². The van der Waals surface area contributed by atoms with Crippen LogP contribution >= 0.6 is 0 Å². The van der Waals surface area contributed by atoms with Crippen LogP contribution in [0.2, 0.25) is 0 Å². The van der Waals surface area contributed by atoms with Gasteiger partial charge in [0, 0.05) is 25.5 Å². The van der Waals surface area contributed by atoms with Crippen molar-refractivity contribution in [1.29, 1.82) is 0 Å². The van der Waals surface area contributed by atoms with Crippen LogP contribution in [0.5, 0.6) is 5.75 Å². The highest BCUT2D eigenvalue weighted by Gasteiger charge is 2.19. The molecular formula is C25H26N6O2. The highest BCUT2D eigenvalue weighted by molar-refractivity contribution is 5.64. The van der Waals surface area contributed by atoms with Gasteiger partial charge in [0.1, 0.15) is 5.75 Å². The molecule has 0 unspecified atom stereocenters. The minimum atomic E-state index is 0.112. The average Bonchev–Trinajstić information content (AvgIpc) is 2.88. The predicted molar refractivity (Wildman–Crippen MR) is 130 cm³/mol. The lowest BCUT2D eigenvalue weighted by Crippen LogP contribution is -2.22. The van der Waals surface area contributed by atoms with Crippen LogP contribution in [0.1, 0.15) is 5.56 Å². The molecule has 0 aliphatic rings. The van der Waals surface area contributed by atoms with Gasteiger partial charge in [0.15, 0.2) is 0 Å². The lowest BCUT2D eigenvalue weighted by Gasteiger charge is -2.24. The first-order chi connectivity index (χ1) is 16.0. The molecule has 0 aliphatic heterocycles. The van der Waals surface area contributed by atoms with Gasteiger partial charge in [0.2, 0.25) is 11.9 Å². The van der Waals surface area contributed by atoms with Gasteiger partial charge < -0.3 is 14.5 Å². The average molecular weight is 443 g/mol. The van der Waals surface area contributed by atoms with Crippen LogP contribution in [0.15, 0.2) is 78.9 Å². The van der Waals surface area contributed by atoms with Crippen molar-refractivity contribution in [1.82, 2.24) is 15.0 Å². The standard InChI is InChI=1S/C25H26N6O2/c1-18-10-12-19(13-11-18)29(2)23-26-24(30(3)20-14-16-22(33-4)17-15-20)28-25(27-23)31(32)21-8-6-5-7-9-21/h5-17,32H,1-4H3. The van der Waals surface area contributed by atoms with Crippen molar-refractivity contribution >= 4 is 34.9 Å². The molecule has 4 aromatic rings. The first-order valence-corrected chi connectivity index (χ1v) is 10.4. The van der Waals surface area contributed by atoms with Crippen molar-refractivity contribution in [3.05, 3.63) is 84.4 Å². The summed E-state index contributed by atoms with van der Waals surface area (Å²) in [5, 5.41) is 11.8. The Kier molecular flexibility index (Phi) is 6.37. The molecule has 8 heteroatoms. The number of hydrogen-bond acceptors (Lipinski definition) is 8. The Morgan fingerprint density at radius 2 is 1.12 bits per heavy atom. The monoisotopic (exact) mass is 442 g/mol. The molecule has 0 spiro atoms. The normalized spacial score (nSPS) is 10.6. The molecule has 33 heavy (non-hydrogen) atoms. The Hall–Kier alpha value is -4.17. The van der Waals surface area contributed by atoms with Gasteiger partial charge in [-0.1, -0.05) is 35.9 Å². The fourth-order valence-electron chi connectivity index (χ4n) is 3.23. The molecule has 1 heterocycles. The molecule has 168 valence electrons. The third kappa shape index (κ3) is 4.86. The summed E-state index contributed by atoms with van der Waals surface area (Å²) in [5.41, 5.74) is 3.49. The summed E-state index contributed by atoms with van der Waals surface area (Å²) < 4.78 is 5.26. The molecule has 0 saturated heterocycles. The van der Waals surface area contributed by atoms with E-state index >= 15 is 0 Å². The summed E-state index contributed by atoms with van der Waals surface area (Å²) in [6.07, 6.45) is 0. The first kappa shape index (κ1) is 22.0. The summed E-state index contributed by atoms with van der Waals surface area (Å²) >= 11 is 0. The van der Waals surface area contributed by atoms with E-state index in [0.29, 0.717) is 17.6 Å². The van der Waals surface area contributed by atoms with Gasteiger partial charge >= 0.3 is 0 Å². The number of para-hydroxylation sites is 1. The van der Waals surface area contributed by atoms with E-state index in [1.165, 1.54) is 0 Å². The Bertz CT molecular complexity index is 1200. The quantitative estimate of drug-likeness (QED) is 0.389. The largest absolute Gasteiger partial charge is 0.497 e. The molecule has 0 fully saturated rings. The van der Waals surface area contributed by atoms with Gasteiger partial charge in [-0.2, -0.15) is 20.0 Å². The number of aryl methyl sites for hydroxylation is 1. The molecule has 8 nitrogen and oxygen atoms in total. The number of ether oxygens (including phenoxy) is 1. The molecule has 0 radical (unpaired) electrons. The smallest absolute Gasteiger partial charge is 0.261 e. The fraction of sp³-hybridized carbons (Fsp3) is 0.160. The predicted octanol–water partition coefficient (Wildman–Crippen LogP) is 5.25. The van der Waals surface area contributed by atoms with Crippen molar-refractivity contribution < 1.29 is 9.94 Å². The maximum absolute atomic E-state index is 10.9. The number of nitrogens with zero attached hydrogens (tertiary/aromatic N) is 6. The maximum atomic E-state index is 10.9. The molecule has 1 N–H and O–H groups in total. The number of methoxy groups -OCH3 is 1. The number of rotatable bonds is 7. The number of anilines is 6. The van der Waals surface area contributed by atoms with E-state index in [9.17, 15) is 5.21 Å². The van der Waals surface area contributed by atoms with E-state index in [0.717, 1.165) is 27.8 Å². The second-order valence-corrected chi connectivity index (χ2v) is 7.53. The van der Waals surface area contributed by atoms with Crippen LogP contribution < -0.4 is 19.6 Å². The Labute approximate surface area is 193 Å². The van der Waals surface area contributed by atoms with Crippen LogP contribution in [0.3, 0.4) is 0 Å². The van der Waals surface area contributed by atoms with Gasteiger partial charge in [0.05, 0.1) is 12.8 Å². The summed E-state index contributed by atoms with van der Waals surface area (Å²) in [6, 6.07) is 24.7. The zero-order valence-electron chi connectivity index (χ0n) is 19.0. The van der Waals surface area contributed by atoms with Crippen molar-refractivity contribution in [3.63, 3.8) is 0 Å². The summed E-state index contributed by atoms with van der Waals surface area (Å²) in [6.45, 7) is 2.04. The van der Waals surface area contributed by atoms with Gasteiger partial charge in [-0.05, 0) is 55.5 Å². The Morgan fingerprint density at radius 3 is 1.64 bits per heavy atom. The van der Waals surface area contributed by atoms with Crippen LogP contribution in [0, 0.1) is 6.92 Å². The van der Waals surface area contributed by atoms with Crippen molar-refractivity contribution in [2.45, 2.75) is 6.92 Å². The van der Waals surface area contributed by atoms with E-state index in [-0.39, 0.29) is 5.95 Å². The van der Waals surface area contributed by atoms with Gasteiger partial charge in [-0.3, -0.25) is 5.21 Å². The van der Waals surface area contributed by atoms with Gasteiger partial charge in [-0.25, -0.2) is 0 Å². The molecule has 0 bridgehead atoms. The van der Waals surface area contributed by atoms with Crippen molar-refractivity contribution in [3.8, 4) is 5.75 Å². The van der Waals surface area contributed by atoms with E-state index < -0.39 is 0 Å². The number of hydrogen-bond donors (Lipinski definition) is 1. The van der Waals surface area contributed by atoms with E-state index in [2.05, 4.69) is 15.0 Å². The second-order valence-electron chi connectivity index (χ2n) is 7.53. The highest BCUT2D eigenvalue weighted by Crippen LogP contribution is 2.29. The molecule has 3 aromatic carbocycles. The van der Waals surface area contributed by atoms with Crippen LogP contribution in [0.25, 0.3) is 0 Å². The third-order valence-electron chi connectivity index (χ3n) is 5.27. The summed E-state index contributed by atoms with van der Waals surface area (Å²) in [5.74, 6) is 1.65. The molecule has 0 amide bonds. The van der Waals surface area contributed by atoms with E-state index in [4.69, 9.17) is 4.74 Å². The fourth-order valence-corrected chi connectivity index (χ4v) is 3.23. The van der Waals surface area contributed by atoms with Gasteiger partial charge in [-0.15, -0.1) is 0 Å². The SMILES string of the molecule is COc1ccc(N(C)c2nc(N(C)c3ccc(C)cc3)nc(N(O)c3ccccc3)n2)cc1. The molecule has 4 rings (SSSR count). The minimum absolute atomic E-state index is 0.112. The summed E-state index contributed by atoms with van der Waals surface area (Å²) in [7, 11) is 5.37. The number of aromatic nitrogens is 3. The zero-order valence-corrected chi connectivity index (χ0v) is 19.0. The lowest BCUT2D eigenvalue weighted by atomic mass is 10.2. The van der Waals surface area contributed by atoms with Crippen molar-refractivity contribution in [2.24, 2.45) is 0 Å². The Morgan fingerprint density at radius 1 is 0.636 bits per heavy atom. The van der Waals surface area contributed by atoms with Crippen molar-refractivity contribution in [2.75, 3.05) is 36.1 Å². The zero-order chi connectivity index (χ0) is 23.4. The van der Waals surface area contributed by atoms with Crippen LogP contribution in [0.4, 0.5) is 34.9 Å². The van der Waals surface area contributed by atoms with E-state index in [1.54, 1.807) is 19.2 Å². The minimum Gasteiger partial charge on any atom is -0.497 e. The molecule has 1 aromatic heterocycles. The molecule has 0 saturated carbocycles. The first-order valence-electron chi connectivity index (χ1n) is 10.4. The summed E-state index contributed by atoms with van der Waals surface area (Å²) in [4.78, 5) is 17.5. The number of benzene rings is 3. The third-order valence-corrected chi connectivity index (χ3v) is 5.27. The molecule has 0 aliphatic carbocycles. The maximum Gasteiger partial charge on any atom is 0.261 e. The highest BCUT2D eigenvalue weighted by atomic mass is 16.5. The van der Waals surface area contributed by atoms with Crippen LogP contribution in [-0.2, 0) is 0 Å². The lowest BCUT2D eigenvalue weighted by molar-refractivity contribution is 0.294. The molecule has 0 atom stereocenters. The Balaban J connectivity index is 1.77. The van der Waals surface area contributed by atoms with E-state index in [1.807, 2.05) is 97.5 Å². The topological polar surface area (TPSA) is 77.9 Å². The van der Waals surface area contributed by atoms with Gasteiger partial charge in [0.25, 0.3) is 5.95 Å².